The number of aryl methyl sites for hydroxylation is 1. The SMILES string of the molecule is Cc1ccc(F)c(NC(=O)c2cnccc2Cl)c1F. The predicted molar refractivity (Wildman–Crippen MR) is 68.3 cm³/mol. The fourth-order valence-electron chi connectivity index (χ4n) is 1.50. The molecule has 0 unspecified atom stereocenters. The van der Waals surface area contributed by atoms with Crippen molar-refractivity contribution in [2.24, 2.45) is 0 Å². The number of hydrogen-bond acceptors (Lipinski definition) is 2. The number of carbonyl (C=O) groups excluding carboxylic acids is 1. The van der Waals surface area contributed by atoms with Gasteiger partial charge in [-0.3, -0.25) is 9.78 Å². The van der Waals surface area contributed by atoms with Crippen LogP contribution in [0, 0.1) is 18.6 Å². The van der Waals surface area contributed by atoms with Crippen LogP contribution in [0.4, 0.5) is 14.5 Å². The first-order valence-electron chi connectivity index (χ1n) is 5.36. The maximum absolute atomic E-state index is 13.7. The van der Waals surface area contributed by atoms with E-state index in [0.29, 0.717) is 0 Å². The summed E-state index contributed by atoms with van der Waals surface area (Å²) in [6.45, 7) is 1.47. The minimum atomic E-state index is -0.850. The van der Waals surface area contributed by atoms with Gasteiger partial charge in [0.05, 0.1) is 10.6 Å². The van der Waals surface area contributed by atoms with E-state index in [1.54, 1.807) is 0 Å². The average Bonchev–Trinajstić information content (AvgIpc) is 2.39. The van der Waals surface area contributed by atoms with Crippen LogP contribution in [-0.2, 0) is 0 Å². The molecule has 1 heterocycles. The summed E-state index contributed by atoms with van der Waals surface area (Å²) in [6, 6.07) is 3.79. The highest BCUT2D eigenvalue weighted by atomic mass is 35.5. The molecule has 1 aromatic carbocycles. The first-order valence-corrected chi connectivity index (χ1v) is 5.74. The highest BCUT2D eigenvalue weighted by molar-refractivity contribution is 6.34. The quantitative estimate of drug-likeness (QED) is 0.915. The lowest BCUT2D eigenvalue weighted by molar-refractivity contribution is 0.102. The summed E-state index contributed by atoms with van der Waals surface area (Å²) in [7, 11) is 0. The summed E-state index contributed by atoms with van der Waals surface area (Å²) < 4.78 is 27.2. The van der Waals surface area contributed by atoms with Crippen molar-refractivity contribution in [3.8, 4) is 0 Å². The molecule has 0 fully saturated rings. The molecule has 0 aliphatic carbocycles. The first kappa shape index (κ1) is 13.4. The molecular weight excluding hydrogens is 274 g/mol. The van der Waals surface area contributed by atoms with Gasteiger partial charge in [-0.1, -0.05) is 17.7 Å². The maximum atomic E-state index is 13.7. The normalized spacial score (nSPS) is 10.3. The third kappa shape index (κ3) is 2.71. The molecule has 1 amide bonds. The zero-order chi connectivity index (χ0) is 14.0. The molecule has 0 aliphatic rings. The van der Waals surface area contributed by atoms with Gasteiger partial charge < -0.3 is 5.32 Å². The lowest BCUT2D eigenvalue weighted by Gasteiger charge is -2.09. The van der Waals surface area contributed by atoms with E-state index >= 15 is 0 Å². The molecule has 2 rings (SSSR count). The van der Waals surface area contributed by atoms with Gasteiger partial charge in [0.15, 0.2) is 5.82 Å². The van der Waals surface area contributed by atoms with Gasteiger partial charge >= 0.3 is 0 Å². The van der Waals surface area contributed by atoms with Gasteiger partial charge in [0.25, 0.3) is 5.91 Å². The molecule has 6 heteroatoms. The van der Waals surface area contributed by atoms with Gasteiger partial charge in [-0.25, -0.2) is 8.78 Å². The second kappa shape index (κ2) is 5.32. The van der Waals surface area contributed by atoms with Crippen LogP contribution in [0.2, 0.25) is 5.02 Å². The minimum Gasteiger partial charge on any atom is -0.317 e. The molecule has 0 saturated carbocycles. The fourth-order valence-corrected chi connectivity index (χ4v) is 1.69. The fraction of sp³-hybridized carbons (Fsp3) is 0.0769. The van der Waals surface area contributed by atoms with Gasteiger partial charge in [0, 0.05) is 12.4 Å². The van der Waals surface area contributed by atoms with Crippen LogP contribution in [-0.4, -0.2) is 10.9 Å². The van der Waals surface area contributed by atoms with Crippen molar-refractivity contribution in [3.05, 3.63) is 58.4 Å². The highest BCUT2D eigenvalue weighted by Gasteiger charge is 2.17. The second-order valence-electron chi connectivity index (χ2n) is 3.86. The number of nitrogens with one attached hydrogen (secondary N) is 1. The smallest absolute Gasteiger partial charge is 0.258 e. The van der Waals surface area contributed by atoms with Crippen molar-refractivity contribution in [2.75, 3.05) is 5.32 Å². The predicted octanol–water partition coefficient (Wildman–Crippen LogP) is 3.57. The number of rotatable bonds is 2. The summed E-state index contributed by atoms with van der Waals surface area (Å²) in [5.74, 6) is -2.38. The molecule has 0 radical (unpaired) electrons. The van der Waals surface area contributed by atoms with Crippen molar-refractivity contribution in [1.29, 1.82) is 0 Å². The van der Waals surface area contributed by atoms with Crippen LogP contribution in [0.1, 0.15) is 15.9 Å². The number of aromatic nitrogens is 1. The van der Waals surface area contributed by atoms with Gasteiger partial charge in [-0.15, -0.1) is 0 Å². The summed E-state index contributed by atoms with van der Waals surface area (Å²) in [5.41, 5.74) is -0.219. The number of anilines is 1. The Morgan fingerprint density at radius 1 is 1.32 bits per heavy atom. The molecule has 1 aromatic heterocycles. The van der Waals surface area contributed by atoms with E-state index < -0.39 is 23.2 Å². The number of benzene rings is 1. The summed E-state index contributed by atoms with van der Waals surface area (Å²) in [5, 5.41) is 2.32. The third-order valence-corrected chi connectivity index (χ3v) is 2.86. The molecular formula is C13H9ClF2N2O. The van der Waals surface area contributed by atoms with Gasteiger partial charge in [-0.05, 0) is 24.6 Å². The molecule has 0 spiro atoms. The van der Waals surface area contributed by atoms with Gasteiger partial charge in [0.1, 0.15) is 11.5 Å². The Labute approximate surface area is 113 Å². The van der Waals surface area contributed by atoms with E-state index in [2.05, 4.69) is 10.3 Å². The van der Waals surface area contributed by atoms with E-state index in [4.69, 9.17) is 11.6 Å². The summed E-state index contributed by atoms with van der Waals surface area (Å²) in [4.78, 5) is 15.6. The van der Waals surface area contributed by atoms with E-state index in [9.17, 15) is 13.6 Å². The second-order valence-corrected chi connectivity index (χ2v) is 4.27. The lowest BCUT2D eigenvalue weighted by atomic mass is 10.2. The topological polar surface area (TPSA) is 42.0 Å². The van der Waals surface area contributed by atoms with Crippen molar-refractivity contribution >= 4 is 23.2 Å². The maximum Gasteiger partial charge on any atom is 0.258 e. The van der Waals surface area contributed by atoms with Crippen molar-refractivity contribution in [1.82, 2.24) is 4.98 Å². The molecule has 2 aromatic rings. The standard InChI is InChI=1S/C13H9ClF2N2O/c1-7-2-3-10(15)12(11(7)16)18-13(19)8-6-17-5-4-9(8)14/h2-6H,1H3,(H,18,19). The number of amides is 1. The number of carbonyl (C=O) groups is 1. The monoisotopic (exact) mass is 282 g/mol. The number of nitrogens with zero attached hydrogens (tertiary/aromatic N) is 1. The largest absolute Gasteiger partial charge is 0.317 e. The Morgan fingerprint density at radius 2 is 2.05 bits per heavy atom. The van der Waals surface area contributed by atoms with Crippen LogP contribution in [0.5, 0.6) is 0 Å². The van der Waals surface area contributed by atoms with Crippen LogP contribution in [0.25, 0.3) is 0 Å². The van der Waals surface area contributed by atoms with Crippen molar-refractivity contribution in [3.63, 3.8) is 0 Å². The minimum absolute atomic E-state index is 0.0458. The Balaban J connectivity index is 2.35. The van der Waals surface area contributed by atoms with Crippen LogP contribution in [0.3, 0.4) is 0 Å². The van der Waals surface area contributed by atoms with Crippen LogP contribution >= 0.6 is 11.6 Å². The van der Waals surface area contributed by atoms with Crippen molar-refractivity contribution < 1.29 is 13.6 Å². The molecule has 19 heavy (non-hydrogen) atoms. The van der Waals surface area contributed by atoms with Crippen LogP contribution < -0.4 is 5.32 Å². The number of pyridine rings is 1. The summed E-state index contributed by atoms with van der Waals surface area (Å²) in [6.07, 6.45) is 2.64. The molecule has 0 atom stereocenters. The van der Waals surface area contributed by atoms with E-state index in [0.717, 1.165) is 6.07 Å². The first-order chi connectivity index (χ1) is 9.00. The Bertz CT molecular complexity index is 647. The van der Waals surface area contributed by atoms with Crippen LogP contribution in [0.15, 0.2) is 30.6 Å². The molecule has 0 bridgehead atoms. The molecule has 0 saturated heterocycles. The zero-order valence-electron chi connectivity index (χ0n) is 9.88. The Morgan fingerprint density at radius 3 is 2.74 bits per heavy atom. The summed E-state index contributed by atoms with van der Waals surface area (Å²) >= 11 is 5.81. The number of halogens is 3. The highest BCUT2D eigenvalue weighted by Crippen LogP contribution is 2.23. The third-order valence-electron chi connectivity index (χ3n) is 2.54. The lowest BCUT2D eigenvalue weighted by Crippen LogP contribution is -2.15. The van der Waals surface area contributed by atoms with E-state index in [-0.39, 0.29) is 16.1 Å². The molecule has 0 aliphatic heterocycles. The van der Waals surface area contributed by atoms with Gasteiger partial charge in [0.2, 0.25) is 0 Å². The number of hydrogen-bond donors (Lipinski definition) is 1. The molecule has 3 nitrogen and oxygen atoms in total. The Kier molecular flexibility index (Phi) is 3.76. The van der Waals surface area contributed by atoms with Crippen molar-refractivity contribution in [2.45, 2.75) is 6.92 Å². The zero-order valence-corrected chi connectivity index (χ0v) is 10.6. The molecule has 98 valence electrons. The Hall–Kier alpha value is -2.01. The van der Waals surface area contributed by atoms with E-state index in [1.807, 2.05) is 0 Å². The molecule has 1 N–H and O–H groups in total. The average molecular weight is 283 g/mol. The van der Waals surface area contributed by atoms with E-state index in [1.165, 1.54) is 31.5 Å². The van der Waals surface area contributed by atoms with Gasteiger partial charge in [-0.2, -0.15) is 0 Å².